The van der Waals surface area contributed by atoms with Gasteiger partial charge in [-0.3, -0.25) is 0 Å². The molecular weight excluding hydrogens is 162 g/mol. The fourth-order valence-electron chi connectivity index (χ4n) is 1.14. The Labute approximate surface area is 78.4 Å². The summed E-state index contributed by atoms with van der Waals surface area (Å²) in [4.78, 5) is 0. The highest BCUT2D eigenvalue weighted by atomic mass is 16.3. The molecule has 0 heterocycles. The van der Waals surface area contributed by atoms with E-state index in [1.807, 2.05) is 12.1 Å². The molecule has 0 spiro atoms. The van der Waals surface area contributed by atoms with Gasteiger partial charge in [0.2, 0.25) is 0 Å². The Morgan fingerprint density at radius 1 is 1.15 bits per heavy atom. The van der Waals surface area contributed by atoms with Gasteiger partial charge in [-0.2, -0.15) is 5.26 Å². The highest BCUT2D eigenvalue weighted by molar-refractivity contribution is 5.28. The molecule has 0 aliphatic heterocycles. The maximum atomic E-state index is 9.20. The second-order valence-corrected chi connectivity index (χ2v) is 3.35. The zero-order chi connectivity index (χ0) is 9.84. The number of aliphatic hydroxyl groups is 1. The van der Waals surface area contributed by atoms with Crippen LogP contribution in [0.15, 0.2) is 24.3 Å². The lowest BCUT2D eigenvalue weighted by atomic mass is 10.0. The molecule has 0 aliphatic carbocycles. The van der Waals surface area contributed by atoms with Crippen molar-refractivity contribution in [3.05, 3.63) is 35.4 Å². The number of aliphatic hydroxyl groups excluding tert-OH is 1. The Bertz CT molecular complexity index is 308. The van der Waals surface area contributed by atoms with E-state index in [1.54, 1.807) is 18.2 Å². The molecule has 0 radical (unpaired) electrons. The maximum absolute atomic E-state index is 9.20. The van der Waals surface area contributed by atoms with Gasteiger partial charge < -0.3 is 5.11 Å². The van der Waals surface area contributed by atoms with Gasteiger partial charge in [0, 0.05) is 0 Å². The Balaban J connectivity index is 2.89. The Morgan fingerprint density at radius 3 is 2.00 bits per heavy atom. The van der Waals surface area contributed by atoms with Crippen molar-refractivity contribution in [2.24, 2.45) is 0 Å². The van der Waals surface area contributed by atoms with Gasteiger partial charge in [0.05, 0.1) is 6.07 Å². The first-order valence-corrected chi connectivity index (χ1v) is 4.32. The van der Waals surface area contributed by atoms with Gasteiger partial charge in [-0.15, -0.1) is 0 Å². The summed E-state index contributed by atoms with van der Waals surface area (Å²) in [7, 11) is 0. The third kappa shape index (κ3) is 2.30. The largest absolute Gasteiger partial charge is 0.374 e. The van der Waals surface area contributed by atoms with Crippen LogP contribution < -0.4 is 0 Å². The lowest BCUT2D eigenvalue weighted by Gasteiger charge is -2.06. The summed E-state index contributed by atoms with van der Waals surface area (Å²) in [5.74, 6) is 0.480. The SMILES string of the molecule is CC(C)c1ccc([C@@H](O)C#N)cc1. The zero-order valence-electron chi connectivity index (χ0n) is 7.86. The van der Waals surface area contributed by atoms with Crippen LogP contribution in [0, 0.1) is 11.3 Å². The van der Waals surface area contributed by atoms with E-state index in [4.69, 9.17) is 5.26 Å². The molecular formula is C11H13NO. The van der Waals surface area contributed by atoms with Crippen LogP contribution in [0.1, 0.15) is 37.0 Å². The number of rotatable bonds is 2. The van der Waals surface area contributed by atoms with E-state index in [9.17, 15) is 5.11 Å². The summed E-state index contributed by atoms with van der Waals surface area (Å²) in [5.41, 5.74) is 1.88. The molecule has 1 aromatic carbocycles. The minimum Gasteiger partial charge on any atom is -0.374 e. The first-order valence-electron chi connectivity index (χ1n) is 4.32. The van der Waals surface area contributed by atoms with Crippen LogP contribution in [0.2, 0.25) is 0 Å². The Hall–Kier alpha value is -1.33. The maximum Gasteiger partial charge on any atom is 0.165 e. The molecule has 13 heavy (non-hydrogen) atoms. The molecule has 0 fully saturated rings. The predicted molar refractivity (Wildman–Crippen MR) is 51.1 cm³/mol. The lowest BCUT2D eigenvalue weighted by molar-refractivity contribution is 0.236. The second-order valence-electron chi connectivity index (χ2n) is 3.35. The molecule has 2 heteroatoms. The molecule has 0 unspecified atom stereocenters. The average molecular weight is 175 g/mol. The van der Waals surface area contributed by atoms with Gasteiger partial charge in [-0.05, 0) is 17.0 Å². The summed E-state index contributed by atoms with van der Waals surface area (Å²) in [6.07, 6.45) is -0.999. The summed E-state index contributed by atoms with van der Waals surface area (Å²) in [5, 5.41) is 17.7. The smallest absolute Gasteiger partial charge is 0.165 e. The standard InChI is InChI=1S/C11H13NO/c1-8(2)9-3-5-10(6-4-9)11(13)7-12/h3-6,8,11,13H,1-2H3/t11-/m0/s1. The molecule has 0 saturated carbocycles. The fraction of sp³-hybridized carbons (Fsp3) is 0.364. The zero-order valence-corrected chi connectivity index (χ0v) is 7.86. The molecule has 1 rings (SSSR count). The normalized spacial score (nSPS) is 12.5. The number of hydrogen-bond donors (Lipinski definition) is 1. The molecule has 68 valence electrons. The third-order valence-corrected chi connectivity index (χ3v) is 2.04. The van der Waals surface area contributed by atoms with Gasteiger partial charge >= 0.3 is 0 Å². The molecule has 2 nitrogen and oxygen atoms in total. The van der Waals surface area contributed by atoms with Crippen molar-refractivity contribution in [2.45, 2.75) is 25.9 Å². The van der Waals surface area contributed by atoms with Crippen LogP contribution in [0.5, 0.6) is 0 Å². The fourth-order valence-corrected chi connectivity index (χ4v) is 1.14. The topological polar surface area (TPSA) is 44.0 Å². The van der Waals surface area contributed by atoms with Crippen LogP contribution in [-0.4, -0.2) is 5.11 Å². The summed E-state index contributed by atoms with van der Waals surface area (Å²) < 4.78 is 0. The second kappa shape index (κ2) is 4.06. The van der Waals surface area contributed by atoms with E-state index in [0.717, 1.165) is 0 Å². The molecule has 0 saturated heterocycles. The van der Waals surface area contributed by atoms with E-state index in [2.05, 4.69) is 13.8 Å². The summed E-state index contributed by atoms with van der Waals surface area (Å²) >= 11 is 0. The minimum absolute atomic E-state index is 0.480. The van der Waals surface area contributed by atoms with Crippen LogP contribution in [-0.2, 0) is 0 Å². The summed E-state index contributed by atoms with van der Waals surface area (Å²) in [6.45, 7) is 4.21. The Morgan fingerprint density at radius 2 is 1.62 bits per heavy atom. The first-order chi connectivity index (χ1) is 6.15. The van der Waals surface area contributed by atoms with Gasteiger partial charge in [0.25, 0.3) is 0 Å². The van der Waals surface area contributed by atoms with Crippen LogP contribution in [0.25, 0.3) is 0 Å². The first kappa shape index (κ1) is 9.76. The average Bonchev–Trinajstić information content (AvgIpc) is 2.17. The molecule has 0 aliphatic rings. The van der Waals surface area contributed by atoms with E-state index in [-0.39, 0.29) is 0 Å². The number of hydrogen-bond acceptors (Lipinski definition) is 2. The van der Waals surface area contributed by atoms with Crippen molar-refractivity contribution in [3.63, 3.8) is 0 Å². The monoisotopic (exact) mass is 175 g/mol. The number of nitriles is 1. The van der Waals surface area contributed by atoms with Gasteiger partial charge in [-0.1, -0.05) is 38.1 Å². The molecule has 0 amide bonds. The highest BCUT2D eigenvalue weighted by Crippen LogP contribution is 2.17. The number of benzene rings is 1. The number of nitrogens with zero attached hydrogens (tertiary/aromatic N) is 1. The van der Waals surface area contributed by atoms with Crippen LogP contribution in [0.4, 0.5) is 0 Å². The van der Waals surface area contributed by atoms with E-state index >= 15 is 0 Å². The van der Waals surface area contributed by atoms with Crippen molar-refractivity contribution in [3.8, 4) is 6.07 Å². The van der Waals surface area contributed by atoms with E-state index in [1.165, 1.54) is 5.56 Å². The van der Waals surface area contributed by atoms with Crippen molar-refractivity contribution >= 4 is 0 Å². The molecule has 1 aromatic rings. The Kier molecular flexibility index (Phi) is 3.05. The van der Waals surface area contributed by atoms with Crippen molar-refractivity contribution in [1.82, 2.24) is 0 Å². The van der Waals surface area contributed by atoms with Crippen molar-refractivity contribution < 1.29 is 5.11 Å². The van der Waals surface area contributed by atoms with Crippen molar-refractivity contribution in [1.29, 1.82) is 5.26 Å². The van der Waals surface area contributed by atoms with Gasteiger partial charge in [0.15, 0.2) is 6.10 Å². The van der Waals surface area contributed by atoms with Crippen LogP contribution in [0.3, 0.4) is 0 Å². The van der Waals surface area contributed by atoms with Crippen molar-refractivity contribution in [2.75, 3.05) is 0 Å². The van der Waals surface area contributed by atoms with E-state index < -0.39 is 6.10 Å². The quantitative estimate of drug-likeness (QED) is 0.701. The third-order valence-electron chi connectivity index (χ3n) is 2.04. The van der Waals surface area contributed by atoms with Gasteiger partial charge in [0.1, 0.15) is 0 Å². The molecule has 1 atom stereocenters. The van der Waals surface area contributed by atoms with Crippen LogP contribution >= 0.6 is 0 Å². The molecule has 0 bridgehead atoms. The molecule has 0 aromatic heterocycles. The molecule has 1 N–H and O–H groups in total. The van der Waals surface area contributed by atoms with E-state index in [0.29, 0.717) is 11.5 Å². The predicted octanol–water partition coefficient (Wildman–Crippen LogP) is 2.37. The lowest BCUT2D eigenvalue weighted by Crippen LogP contribution is -1.94. The summed E-state index contributed by atoms with van der Waals surface area (Å²) in [6, 6.07) is 9.27. The van der Waals surface area contributed by atoms with Gasteiger partial charge in [-0.25, -0.2) is 0 Å². The minimum atomic E-state index is -0.999. The highest BCUT2D eigenvalue weighted by Gasteiger charge is 2.05.